The highest BCUT2D eigenvalue weighted by Crippen LogP contribution is 2.10. The van der Waals surface area contributed by atoms with Crippen LogP contribution in [0, 0.1) is 12.3 Å². The molecule has 0 atom stereocenters. The third-order valence-corrected chi connectivity index (χ3v) is 3.43. The highest BCUT2D eigenvalue weighted by atomic mass is 16.2. The molecule has 0 fully saturated rings. The number of nitrogens with zero attached hydrogens (tertiary/aromatic N) is 4. The van der Waals surface area contributed by atoms with Crippen molar-refractivity contribution in [2.75, 3.05) is 6.54 Å². The van der Waals surface area contributed by atoms with E-state index in [1.807, 2.05) is 6.92 Å². The molecular weight excluding hydrogens is 256 g/mol. The van der Waals surface area contributed by atoms with E-state index in [0.717, 1.165) is 6.42 Å². The van der Waals surface area contributed by atoms with Crippen LogP contribution in [0.2, 0.25) is 0 Å². The zero-order valence-electron chi connectivity index (χ0n) is 11.8. The van der Waals surface area contributed by atoms with Crippen LogP contribution < -0.4 is 5.69 Å². The number of hydrogen-bond acceptors (Lipinski definition) is 3. The normalized spacial score (nSPS) is 13.9. The molecule has 20 heavy (non-hydrogen) atoms. The van der Waals surface area contributed by atoms with E-state index in [4.69, 9.17) is 6.42 Å². The van der Waals surface area contributed by atoms with Crippen molar-refractivity contribution in [1.29, 1.82) is 0 Å². The monoisotopic (exact) mass is 276 g/mol. The topological polar surface area (TPSA) is 60.1 Å². The van der Waals surface area contributed by atoms with Crippen molar-refractivity contribution in [1.82, 2.24) is 19.2 Å². The Labute approximate surface area is 118 Å². The largest absolute Gasteiger partial charge is 0.346 e. The van der Waals surface area contributed by atoms with Crippen molar-refractivity contribution in [3.63, 3.8) is 0 Å². The zero-order valence-corrected chi connectivity index (χ0v) is 11.8. The van der Waals surface area contributed by atoms with Crippen molar-refractivity contribution in [3.8, 4) is 12.3 Å². The van der Waals surface area contributed by atoms with E-state index in [-0.39, 0.29) is 11.6 Å². The Morgan fingerprint density at radius 1 is 1.45 bits per heavy atom. The fourth-order valence-corrected chi connectivity index (χ4v) is 2.37. The quantitative estimate of drug-likeness (QED) is 0.584. The first-order chi connectivity index (χ1) is 9.67. The summed E-state index contributed by atoms with van der Waals surface area (Å²) >= 11 is 0. The van der Waals surface area contributed by atoms with Crippen LogP contribution >= 0.6 is 0 Å². The molecule has 6 heteroatoms. The summed E-state index contributed by atoms with van der Waals surface area (Å²) in [5.74, 6) is 3.30. The molecule has 0 spiro atoms. The average molecular weight is 276 g/mol. The van der Waals surface area contributed by atoms with Crippen LogP contribution in [0.5, 0.6) is 0 Å². The van der Waals surface area contributed by atoms with Crippen LogP contribution in [0.1, 0.15) is 38.4 Å². The van der Waals surface area contributed by atoms with Crippen molar-refractivity contribution in [2.45, 2.75) is 52.2 Å². The Morgan fingerprint density at radius 3 is 2.95 bits per heavy atom. The summed E-state index contributed by atoms with van der Waals surface area (Å²) in [5.41, 5.74) is -0.0683. The van der Waals surface area contributed by atoms with E-state index in [1.165, 1.54) is 4.68 Å². The molecular formula is C14H20N4O2. The van der Waals surface area contributed by atoms with Gasteiger partial charge in [-0.3, -0.25) is 9.36 Å². The van der Waals surface area contributed by atoms with Crippen LogP contribution in [-0.4, -0.2) is 31.7 Å². The van der Waals surface area contributed by atoms with Crippen molar-refractivity contribution in [2.24, 2.45) is 0 Å². The molecule has 0 aliphatic carbocycles. The maximum Gasteiger partial charge on any atom is 0.346 e. The number of terminal acetylenes is 1. The summed E-state index contributed by atoms with van der Waals surface area (Å²) in [6, 6.07) is 0. The number of hydrogen-bond donors (Lipinski definition) is 0. The minimum atomic E-state index is -0.0683. The molecule has 2 heterocycles. The zero-order chi connectivity index (χ0) is 14.5. The molecule has 2 rings (SSSR count). The minimum Gasteiger partial charge on any atom is -0.333 e. The van der Waals surface area contributed by atoms with Gasteiger partial charge in [0, 0.05) is 32.5 Å². The van der Waals surface area contributed by atoms with Crippen LogP contribution in [0.15, 0.2) is 4.79 Å². The smallest absolute Gasteiger partial charge is 0.333 e. The molecule has 0 saturated heterocycles. The van der Waals surface area contributed by atoms with E-state index in [0.29, 0.717) is 51.3 Å². The van der Waals surface area contributed by atoms with E-state index >= 15 is 0 Å². The Bertz CT molecular complexity index is 579. The van der Waals surface area contributed by atoms with E-state index in [9.17, 15) is 9.59 Å². The van der Waals surface area contributed by atoms with Gasteiger partial charge in [-0.25, -0.2) is 9.48 Å². The van der Waals surface area contributed by atoms with Crippen LogP contribution in [0.25, 0.3) is 0 Å². The average Bonchev–Trinajstić information content (AvgIpc) is 2.76. The molecule has 0 radical (unpaired) electrons. The number of carbonyl (C=O) groups is 1. The summed E-state index contributed by atoms with van der Waals surface area (Å²) in [4.78, 5) is 25.8. The molecule has 0 N–H and O–H groups in total. The molecule has 0 bridgehead atoms. The van der Waals surface area contributed by atoms with Gasteiger partial charge in [-0.05, 0) is 12.8 Å². The molecule has 1 amide bonds. The first-order valence-corrected chi connectivity index (χ1v) is 7.05. The van der Waals surface area contributed by atoms with Gasteiger partial charge in [0.15, 0.2) is 5.82 Å². The van der Waals surface area contributed by atoms with Crippen LogP contribution in [0.4, 0.5) is 0 Å². The van der Waals surface area contributed by atoms with Crippen molar-refractivity contribution >= 4 is 5.91 Å². The number of rotatable bonds is 5. The predicted octanol–water partition coefficient (Wildman–Crippen LogP) is 0.600. The number of aromatic nitrogens is 3. The third-order valence-electron chi connectivity index (χ3n) is 3.43. The van der Waals surface area contributed by atoms with Gasteiger partial charge < -0.3 is 4.90 Å². The van der Waals surface area contributed by atoms with Crippen molar-refractivity contribution < 1.29 is 4.79 Å². The lowest BCUT2D eigenvalue weighted by Crippen LogP contribution is -2.40. The molecule has 1 aliphatic rings. The van der Waals surface area contributed by atoms with Gasteiger partial charge >= 0.3 is 5.69 Å². The standard InChI is InChI=1S/C14H20N4O2/c1-3-5-6-7-13(19)16-9-10-17-12(11-16)15-18(8-4-2)14(17)20/h1H,4-11H2,2H3. The number of unbranched alkanes of at least 4 members (excludes halogenated alkanes) is 1. The highest BCUT2D eigenvalue weighted by Gasteiger charge is 2.24. The van der Waals surface area contributed by atoms with Gasteiger partial charge in [0.05, 0.1) is 6.54 Å². The van der Waals surface area contributed by atoms with Crippen molar-refractivity contribution in [3.05, 3.63) is 16.3 Å². The van der Waals surface area contributed by atoms with Gasteiger partial charge in [-0.15, -0.1) is 12.3 Å². The first-order valence-electron chi connectivity index (χ1n) is 7.05. The predicted molar refractivity (Wildman–Crippen MR) is 74.9 cm³/mol. The summed E-state index contributed by atoms with van der Waals surface area (Å²) < 4.78 is 3.16. The summed E-state index contributed by atoms with van der Waals surface area (Å²) in [6.07, 6.45) is 7.84. The Morgan fingerprint density at radius 2 is 2.25 bits per heavy atom. The van der Waals surface area contributed by atoms with Crippen LogP contribution in [-0.2, 0) is 24.4 Å². The molecule has 0 aromatic carbocycles. The second-order valence-corrected chi connectivity index (χ2v) is 4.95. The molecule has 1 aliphatic heterocycles. The summed E-state index contributed by atoms with van der Waals surface area (Å²) in [7, 11) is 0. The van der Waals surface area contributed by atoms with Gasteiger partial charge in [0.1, 0.15) is 0 Å². The molecule has 6 nitrogen and oxygen atoms in total. The second-order valence-electron chi connectivity index (χ2n) is 4.95. The van der Waals surface area contributed by atoms with Gasteiger partial charge in [0.25, 0.3) is 0 Å². The summed E-state index contributed by atoms with van der Waals surface area (Å²) in [5, 5.41) is 4.31. The fourth-order valence-electron chi connectivity index (χ4n) is 2.37. The van der Waals surface area contributed by atoms with Crippen LogP contribution in [0.3, 0.4) is 0 Å². The summed E-state index contributed by atoms with van der Waals surface area (Å²) in [6.45, 7) is 4.14. The molecule has 1 aromatic rings. The number of fused-ring (bicyclic) bond motifs is 1. The Hall–Kier alpha value is -2.03. The lowest BCUT2D eigenvalue weighted by molar-refractivity contribution is -0.132. The van der Waals surface area contributed by atoms with E-state index < -0.39 is 0 Å². The Kier molecular flexibility index (Phi) is 4.61. The van der Waals surface area contributed by atoms with Gasteiger partial charge in [0.2, 0.25) is 5.91 Å². The molecule has 0 unspecified atom stereocenters. The Balaban J connectivity index is 2.04. The van der Waals surface area contributed by atoms with Gasteiger partial charge in [-0.2, -0.15) is 5.10 Å². The van der Waals surface area contributed by atoms with E-state index in [2.05, 4.69) is 11.0 Å². The highest BCUT2D eigenvalue weighted by molar-refractivity contribution is 5.76. The fraction of sp³-hybridized carbons (Fsp3) is 0.643. The third kappa shape index (κ3) is 2.93. The van der Waals surface area contributed by atoms with E-state index in [1.54, 1.807) is 9.47 Å². The van der Waals surface area contributed by atoms with Gasteiger partial charge in [-0.1, -0.05) is 6.92 Å². The number of carbonyl (C=O) groups excluding carboxylic acids is 1. The maximum atomic E-state index is 12.0. The molecule has 1 aromatic heterocycles. The SMILES string of the molecule is C#CCCCC(=O)N1CCn2c(nn(CCC)c2=O)C1. The number of aryl methyl sites for hydroxylation is 1. The first kappa shape index (κ1) is 14.4. The lowest BCUT2D eigenvalue weighted by Gasteiger charge is -2.26. The maximum absolute atomic E-state index is 12.0. The molecule has 108 valence electrons. The second kappa shape index (κ2) is 6.42. The number of amides is 1. The lowest BCUT2D eigenvalue weighted by atomic mass is 10.2. The minimum absolute atomic E-state index is 0.0683. The molecule has 0 saturated carbocycles.